The number of hydrogen-bond acceptors (Lipinski definition) is 2. The summed E-state index contributed by atoms with van der Waals surface area (Å²) in [7, 11) is 0. The predicted octanol–water partition coefficient (Wildman–Crippen LogP) is 4.17. The molecule has 0 amide bonds. The fourth-order valence-corrected chi connectivity index (χ4v) is 3.49. The van der Waals surface area contributed by atoms with Crippen LogP contribution >= 0.6 is 0 Å². The number of hydrogen-bond donors (Lipinski definition) is 0. The molecule has 1 heterocycles. The van der Waals surface area contributed by atoms with Crippen LogP contribution in [0.4, 0.5) is 0 Å². The summed E-state index contributed by atoms with van der Waals surface area (Å²) in [5.74, 6) is 2.57. The van der Waals surface area contributed by atoms with Crippen LogP contribution in [-0.2, 0) is 0 Å². The van der Waals surface area contributed by atoms with Gasteiger partial charge in [-0.15, -0.1) is 0 Å². The van der Waals surface area contributed by atoms with E-state index in [2.05, 4.69) is 37.7 Å². The van der Waals surface area contributed by atoms with Gasteiger partial charge in [0.15, 0.2) is 0 Å². The second-order valence-electron chi connectivity index (χ2n) is 7.19. The van der Waals surface area contributed by atoms with Crippen molar-refractivity contribution in [1.82, 2.24) is 10.0 Å². The second kappa shape index (κ2) is 7.08. The Bertz CT molecular complexity index is 260. The van der Waals surface area contributed by atoms with E-state index in [1.807, 2.05) is 0 Å². The highest BCUT2D eigenvalue weighted by molar-refractivity contribution is 4.88. The first-order valence-electron chi connectivity index (χ1n) is 8.65. The summed E-state index contributed by atoms with van der Waals surface area (Å²) in [6.45, 7) is 13.5. The molecule has 1 aliphatic carbocycles. The zero-order chi connectivity index (χ0) is 13.8. The van der Waals surface area contributed by atoms with Crippen LogP contribution < -0.4 is 0 Å². The molecule has 0 N–H and O–H groups in total. The average Bonchev–Trinajstić information content (AvgIpc) is 2.70. The molecule has 1 aliphatic heterocycles. The highest BCUT2D eigenvalue weighted by Crippen LogP contribution is 2.34. The van der Waals surface area contributed by atoms with Gasteiger partial charge in [0, 0.05) is 25.7 Å². The van der Waals surface area contributed by atoms with Gasteiger partial charge in [0.1, 0.15) is 0 Å². The van der Waals surface area contributed by atoms with Crippen LogP contribution in [-0.4, -0.2) is 35.7 Å². The molecule has 0 aromatic rings. The molecular weight excluding hydrogens is 232 g/mol. The monoisotopic (exact) mass is 266 g/mol. The van der Waals surface area contributed by atoms with Crippen molar-refractivity contribution in [2.45, 2.75) is 72.3 Å². The fraction of sp³-hybridized carbons (Fsp3) is 1.00. The predicted molar refractivity (Wildman–Crippen MR) is 82.9 cm³/mol. The maximum absolute atomic E-state index is 2.75. The SMILES string of the molecule is CCCCCN1CC([C@H](C)C(C)C)CN1C1CCC1. The molecule has 1 unspecified atom stereocenters. The van der Waals surface area contributed by atoms with E-state index < -0.39 is 0 Å². The standard InChI is InChI=1S/C17H34N2/c1-5-6-7-11-18-12-16(15(4)14(2)3)13-19(18)17-9-8-10-17/h14-17H,5-13H2,1-4H3/t15-,16?/m1/s1. The lowest BCUT2D eigenvalue weighted by Gasteiger charge is -2.40. The van der Waals surface area contributed by atoms with Crippen LogP contribution in [0.3, 0.4) is 0 Å². The Morgan fingerprint density at radius 3 is 2.32 bits per heavy atom. The van der Waals surface area contributed by atoms with Crippen LogP contribution in [0.15, 0.2) is 0 Å². The maximum atomic E-state index is 2.75. The smallest absolute Gasteiger partial charge is 0.0246 e. The Morgan fingerprint density at radius 2 is 1.79 bits per heavy atom. The van der Waals surface area contributed by atoms with Gasteiger partial charge in [0.05, 0.1) is 0 Å². The number of hydrazine groups is 1. The first kappa shape index (κ1) is 15.3. The lowest BCUT2D eigenvalue weighted by Crippen LogP contribution is -2.47. The molecule has 2 rings (SSSR count). The van der Waals surface area contributed by atoms with E-state index in [-0.39, 0.29) is 0 Å². The van der Waals surface area contributed by atoms with E-state index >= 15 is 0 Å². The minimum Gasteiger partial charge on any atom is -0.241 e. The summed E-state index contributed by atoms with van der Waals surface area (Å²) in [5.41, 5.74) is 0. The van der Waals surface area contributed by atoms with Gasteiger partial charge in [-0.2, -0.15) is 0 Å². The fourth-order valence-electron chi connectivity index (χ4n) is 3.49. The normalized spacial score (nSPS) is 27.9. The Kier molecular flexibility index (Phi) is 5.70. The molecule has 2 heteroatoms. The van der Waals surface area contributed by atoms with Crippen molar-refractivity contribution in [2.24, 2.45) is 17.8 Å². The molecule has 0 spiro atoms. The molecule has 0 radical (unpaired) electrons. The first-order chi connectivity index (χ1) is 9.13. The Morgan fingerprint density at radius 1 is 1.05 bits per heavy atom. The van der Waals surface area contributed by atoms with Crippen molar-refractivity contribution < 1.29 is 0 Å². The van der Waals surface area contributed by atoms with Gasteiger partial charge < -0.3 is 0 Å². The van der Waals surface area contributed by atoms with Gasteiger partial charge in [-0.3, -0.25) is 0 Å². The van der Waals surface area contributed by atoms with E-state index in [0.717, 1.165) is 23.8 Å². The number of nitrogens with zero attached hydrogens (tertiary/aromatic N) is 2. The van der Waals surface area contributed by atoms with Crippen LogP contribution in [0.25, 0.3) is 0 Å². The molecule has 1 saturated carbocycles. The van der Waals surface area contributed by atoms with E-state index in [0.29, 0.717) is 0 Å². The van der Waals surface area contributed by atoms with E-state index in [4.69, 9.17) is 0 Å². The minimum atomic E-state index is 0.823. The molecule has 2 atom stereocenters. The molecule has 112 valence electrons. The van der Waals surface area contributed by atoms with E-state index in [1.54, 1.807) is 0 Å². The molecule has 0 bridgehead atoms. The average molecular weight is 266 g/mol. The summed E-state index contributed by atoms with van der Waals surface area (Å²) >= 11 is 0. The Balaban J connectivity index is 1.90. The molecule has 0 aromatic carbocycles. The molecular formula is C17H34N2. The van der Waals surface area contributed by atoms with Crippen LogP contribution in [0, 0.1) is 17.8 Å². The highest BCUT2D eigenvalue weighted by Gasteiger charge is 2.39. The molecule has 2 aliphatic rings. The van der Waals surface area contributed by atoms with Gasteiger partial charge in [0.25, 0.3) is 0 Å². The molecule has 1 saturated heterocycles. The lowest BCUT2D eigenvalue weighted by atomic mass is 9.85. The van der Waals surface area contributed by atoms with Crippen molar-refractivity contribution in [2.75, 3.05) is 19.6 Å². The first-order valence-corrected chi connectivity index (χ1v) is 8.65. The summed E-state index contributed by atoms with van der Waals surface area (Å²) < 4.78 is 0. The van der Waals surface area contributed by atoms with Gasteiger partial charge in [-0.05, 0) is 37.0 Å². The lowest BCUT2D eigenvalue weighted by molar-refractivity contribution is -0.0428. The number of rotatable bonds is 7. The second-order valence-corrected chi connectivity index (χ2v) is 7.19. The Hall–Kier alpha value is -0.0800. The summed E-state index contributed by atoms with van der Waals surface area (Å²) in [5, 5.41) is 5.46. The maximum Gasteiger partial charge on any atom is 0.0246 e. The van der Waals surface area contributed by atoms with Crippen LogP contribution in [0.1, 0.15) is 66.2 Å². The van der Waals surface area contributed by atoms with Crippen LogP contribution in [0.2, 0.25) is 0 Å². The third kappa shape index (κ3) is 3.72. The van der Waals surface area contributed by atoms with Gasteiger partial charge in [-0.25, -0.2) is 10.0 Å². The zero-order valence-corrected chi connectivity index (χ0v) is 13.6. The van der Waals surface area contributed by atoms with E-state index in [1.165, 1.54) is 58.2 Å². The van der Waals surface area contributed by atoms with Gasteiger partial charge in [-0.1, -0.05) is 47.0 Å². The summed E-state index contributed by atoms with van der Waals surface area (Å²) in [4.78, 5) is 0. The van der Waals surface area contributed by atoms with Crippen molar-refractivity contribution in [3.63, 3.8) is 0 Å². The number of unbranched alkanes of at least 4 members (excludes halogenated alkanes) is 2. The molecule has 2 fully saturated rings. The third-order valence-electron chi connectivity index (χ3n) is 5.54. The van der Waals surface area contributed by atoms with Crippen molar-refractivity contribution in [3.8, 4) is 0 Å². The van der Waals surface area contributed by atoms with Crippen molar-refractivity contribution in [1.29, 1.82) is 0 Å². The summed E-state index contributed by atoms with van der Waals surface area (Å²) in [6.07, 6.45) is 8.43. The van der Waals surface area contributed by atoms with Gasteiger partial charge >= 0.3 is 0 Å². The third-order valence-corrected chi connectivity index (χ3v) is 5.54. The molecule has 0 aromatic heterocycles. The minimum absolute atomic E-state index is 0.823. The quantitative estimate of drug-likeness (QED) is 0.638. The van der Waals surface area contributed by atoms with Crippen LogP contribution in [0.5, 0.6) is 0 Å². The molecule has 19 heavy (non-hydrogen) atoms. The van der Waals surface area contributed by atoms with Crippen molar-refractivity contribution in [3.05, 3.63) is 0 Å². The topological polar surface area (TPSA) is 6.48 Å². The van der Waals surface area contributed by atoms with Crippen molar-refractivity contribution >= 4 is 0 Å². The summed E-state index contributed by atoms with van der Waals surface area (Å²) in [6, 6.07) is 0.881. The highest BCUT2D eigenvalue weighted by atomic mass is 15.7. The van der Waals surface area contributed by atoms with Gasteiger partial charge in [0.2, 0.25) is 0 Å². The molecule has 2 nitrogen and oxygen atoms in total. The van der Waals surface area contributed by atoms with E-state index in [9.17, 15) is 0 Å². The Labute approximate surface area is 120 Å². The zero-order valence-electron chi connectivity index (χ0n) is 13.6. The largest absolute Gasteiger partial charge is 0.241 e.